The lowest BCUT2D eigenvalue weighted by molar-refractivity contribution is -0.126. The zero-order chi connectivity index (χ0) is 13.5. The van der Waals surface area contributed by atoms with E-state index in [0.29, 0.717) is 6.42 Å². The summed E-state index contributed by atoms with van der Waals surface area (Å²) >= 11 is 0. The first-order chi connectivity index (χ1) is 7.80. The normalized spacial score (nSPS) is 12.3. The van der Waals surface area contributed by atoms with Gasteiger partial charge in [-0.3, -0.25) is 9.59 Å². The minimum absolute atomic E-state index is 0. The molecule has 0 spiro atoms. The Morgan fingerprint density at radius 3 is 2.33 bits per heavy atom. The van der Waals surface area contributed by atoms with E-state index in [1.807, 2.05) is 20.8 Å². The Bertz CT molecular complexity index is 272. The number of rotatable bonds is 7. The highest BCUT2D eigenvalue weighted by Crippen LogP contribution is 2.14. The van der Waals surface area contributed by atoms with Gasteiger partial charge in [-0.2, -0.15) is 0 Å². The Morgan fingerprint density at radius 1 is 1.33 bits per heavy atom. The molecule has 0 aromatic carbocycles. The molecule has 4 N–H and O–H groups in total. The third-order valence-electron chi connectivity index (χ3n) is 2.39. The number of carbonyl (C=O) groups is 2. The Hall–Kier alpha value is -0.850. The predicted octanol–water partition coefficient (Wildman–Crippen LogP) is -0.197. The molecule has 0 aliphatic heterocycles. The molecule has 18 heavy (non-hydrogen) atoms. The van der Waals surface area contributed by atoms with Gasteiger partial charge in [-0.1, -0.05) is 0 Å². The zero-order valence-corrected chi connectivity index (χ0v) is 12.2. The van der Waals surface area contributed by atoms with Gasteiger partial charge in [-0.05, 0) is 27.2 Å². The fraction of sp³-hybridized carbons (Fsp3) is 0.818. The Balaban J connectivity index is 0. The Labute approximate surface area is 114 Å². The van der Waals surface area contributed by atoms with Crippen molar-refractivity contribution in [2.24, 2.45) is 5.73 Å². The molecule has 0 aliphatic carbocycles. The maximum absolute atomic E-state index is 11.4. The topological polar surface area (TPSA) is 93.5 Å². The highest BCUT2D eigenvalue weighted by atomic mass is 35.5. The van der Waals surface area contributed by atoms with Crippen LogP contribution >= 0.6 is 12.4 Å². The molecule has 0 heterocycles. The lowest BCUT2D eigenvalue weighted by Crippen LogP contribution is -2.44. The lowest BCUT2D eigenvalue weighted by Gasteiger charge is -2.27. The number of amides is 2. The summed E-state index contributed by atoms with van der Waals surface area (Å²) in [4.78, 5) is 22.3. The van der Waals surface area contributed by atoms with Crippen LogP contribution in [0.15, 0.2) is 0 Å². The molecule has 0 radical (unpaired) electrons. The summed E-state index contributed by atoms with van der Waals surface area (Å²) in [5.41, 5.74) is 4.82. The van der Waals surface area contributed by atoms with E-state index < -0.39 is 0 Å². The molecule has 2 amide bonds. The van der Waals surface area contributed by atoms with Crippen LogP contribution in [0, 0.1) is 0 Å². The van der Waals surface area contributed by atoms with Crippen molar-refractivity contribution in [1.82, 2.24) is 10.6 Å². The number of methoxy groups -OCH3 is 1. The van der Waals surface area contributed by atoms with Gasteiger partial charge in [0.2, 0.25) is 11.8 Å². The first-order valence-corrected chi connectivity index (χ1v) is 5.62. The van der Waals surface area contributed by atoms with Crippen molar-refractivity contribution in [3.05, 3.63) is 0 Å². The largest absolute Gasteiger partial charge is 0.379 e. The number of nitrogens with one attached hydrogen (secondary N) is 2. The maximum atomic E-state index is 11.4. The maximum Gasteiger partial charge on any atom is 0.239 e. The van der Waals surface area contributed by atoms with E-state index in [-0.39, 0.29) is 49.0 Å². The minimum atomic E-state index is -0.343. The van der Waals surface area contributed by atoms with Crippen LogP contribution in [0.2, 0.25) is 0 Å². The molecular weight excluding hydrogens is 258 g/mol. The Morgan fingerprint density at radius 2 is 1.89 bits per heavy atom. The van der Waals surface area contributed by atoms with Gasteiger partial charge in [-0.25, -0.2) is 0 Å². The van der Waals surface area contributed by atoms with Gasteiger partial charge in [-0.15, -0.1) is 12.4 Å². The molecule has 1 atom stereocenters. The molecule has 0 saturated carbocycles. The van der Waals surface area contributed by atoms with Gasteiger partial charge >= 0.3 is 0 Å². The number of nitrogens with two attached hydrogens (primary N) is 1. The van der Waals surface area contributed by atoms with Crippen molar-refractivity contribution in [3.63, 3.8) is 0 Å². The van der Waals surface area contributed by atoms with Gasteiger partial charge in [0.1, 0.15) is 0 Å². The monoisotopic (exact) mass is 281 g/mol. The van der Waals surface area contributed by atoms with Crippen molar-refractivity contribution in [2.75, 3.05) is 20.2 Å². The van der Waals surface area contributed by atoms with Crippen LogP contribution in [0.5, 0.6) is 0 Å². The Kier molecular flexibility index (Phi) is 9.88. The van der Waals surface area contributed by atoms with Crippen LogP contribution in [0.1, 0.15) is 27.2 Å². The molecule has 1 unspecified atom stereocenters. The number of carbonyl (C=O) groups excluding carboxylic acids is 2. The summed E-state index contributed by atoms with van der Waals surface area (Å²) in [5.74, 6) is -0.573. The fourth-order valence-electron chi connectivity index (χ4n) is 1.45. The number of hydrogen-bond acceptors (Lipinski definition) is 4. The van der Waals surface area contributed by atoms with Crippen molar-refractivity contribution >= 4 is 24.2 Å². The van der Waals surface area contributed by atoms with Crippen LogP contribution in [0.3, 0.4) is 0 Å². The number of hydrogen-bond donors (Lipinski definition) is 3. The molecule has 0 saturated heterocycles. The van der Waals surface area contributed by atoms with Gasteiger partial charge in [0.05, 0.1) is 18.7 Å². The molecule has 7 heteroatoms. The molecular formula is C11H24ClN3O3. The quantitative estimate of drug-likeness (QED) is 0.603. The predicted molar refractivity (Wildman–Crippen MR) is 72.6 cm³/mol. The van der Waals surface area contributed by atoms with Crippen LogP contribution in [-0.4, -0.2) is 43.7 Å². The van der Waals surface area contributed by atoms with Crippen LogP contribution in [0.4, 0.5) is 0 Å². The second-order valence-electron chi connectivity index (χ2n) is 4.62. The van der Waals surface area contributed by atoms with Crippen molar-refractivity contribution < 1.29 is 14.3 Å². The standard InChI is InChI=1S/C11H23N3O3.ClH/c1-8(5-11(2,3)17-4)14-10(16)7-13-9(15)6-12;/h8H,5-7,12H2,1-4H3,(H,13,15)(H,14,16);1H. The summed E-state index contributed by atoms with van der Waals surface area (Å²) in [6.45, 7) is 5.63. The average molecular weight is 282 g/mol. The summed E-state index contributed by atoms with van der Waals surface area (Å²) in [7, 11) is 1.63. The summed E-state index contributed by atoms with van der Waals surface area (Å²) in [6, 6.07) is -0.0211. The lowest BCUT2D eigenvalue weighted by atomic mass is 10.00. The number of halogens is 1. The van der Waals surface area contributed by atoms with Gasteiger partial charge < -0.3 is 21.1 Å². The summed E-state index contributed by atoms with van der Waals surface area (Å²) in [6.07, 6.45) is 0.695. The smallest absolute Gasteiger partial charge is 0.239 e. The second-order valence-corrected chi connectivity index (χ2v) is 4.62. The highest BCUT2D eigenvalue weighted by Gasteiger charge is 2.21. The molecule has 0 aliphatic rings. The van der Waals surface area contributed by atoms with Gasteiger partial charge in [0.25, 0.3) is 0 Å². The van der Waals surface area contributed by atoms with E-state index >= 15 is 0 Å². The molecule has 0 bridgehead atoms. The van der Waals surface area contributed by atoms with Gasteiger partial charge in [0.15, 0.2) is 0 Å². The van der Waals surface area contributed by atoms with E-state index in [2.05, 4.69) is 10.6 Å². The van der Waals surface area contributed by atoms with Crippen LogP contribution < -0.4 is 16.4 Å². The molecule has 0 rings (SSSR count). The molecule has 0 fully saturated rings. The zero-order valence-electron chi connectivity index (χ0n) is 11.4. The first kappa shape index (κ1) is 19.5. The van der Waals surface area contributed by atoms with E-state index in [1.165, 1.54) is 0 Å². The molecule has 0 aromatic rings. The van der Waals surface area contributed by atoms with Gasteiger partial charge in [0, 0.05) is 13.2 Å². The SMILES string of the molecule is COC(C)(C)CC(C)NC(=O)CNC(=O)CN.Cl. The summed E-state index contributed by atoms with van der Waals surface area (Å²) in [5, 5.41) is 5.18. The molecule has 6 nitrogen and oxygen atoms in total. The van der Waals surface area contributed by atoms with E-state index in [9.17, 15) is 9.59 Å². The van der Waals surface area contributed by atoms with Crippen LogP contribution in [0.25, 0.3) is 0 Å². The van der Waals surface area contributed by atoms with Crippen LogP contribution in [-0.2, 0) is 14.3 Å². The minimum Gasteiger partial charge on any atom is -0.379 e. The third-order valence-corrected chi connectivity index (χ3v) is 2.39. The third kappa shape index (κ3) is 9.21. The molecule has 0 aromatic heterocycles. The van der Waals surface area contributed by atoms with E-state index in [1.54, 1.807) is 7.11 Å². The highest BCUT2D eigenvalue weighted by molar-refractivity contribution is 5.85. The van der Waals surface area contributed by atoms with E-state index in [4.69, 9.17) is 10.5 Å². The number of ether oxygens (including phenoxy) is 1. The van der Waals surface area contributed by atoms with E-state index in [0.717, 1.165) is 0 Å². The van der Waals surface area contributed by atoms with Crippen molar-refractivity contribution in [1.29, 1.82) is 0 Å². The van der Waals surface area contributed by atoms with Crippen molar-refractivity contribution in [3.8, 4) is 0 Å². The second kappa shape index (κ2) is 9.13. The fourth-order valence-corrected chi connectivity index (χ4v) is 1.45. The average Bonchev–Trinajstić information content (AvgIpc) is 2.24. The molecule has 108 valence electrons. The summed E-state index contributed by atoms with van der Waals surface area (Å²) < 4.78 is 5.27. The first-order valence-electron chi connectivity index (χ1n) is 5.62. The van der Waals surface area contributed by atoms with Crippen molar-refractivity contribution in [2.45, 2.75) is 38.8 Å².